The summed E-state index contributed by atoms with van der Waals surface area (Å²) in [5.41, 5.74) is 1.89. The van der Waals surface area contributed by atoms with Crippen molar-refractivity contribution in [2.24, 2.45) is 0 Å². The Kier molecular flexibility index (Phi) is 4.49. The van der Waals surface area contributed by atoms with Crippen LogP contribution in [-0.2, 0) is 0 Å². The molecule has 0 atom stereocenters. The minimum atomic E-state index is 0.657. The molecule has 0 radical (unpaired) electrons. The van der Waals surface area contributed by atoms with E-state index in [1.165, 1.54) is 0 Å². The fraction of sp³-hybridized carbons (Fsp3) is 0.333. The van der Waals surface area contributed by atoms with Crippen molar-refractivity contribution in [1.82, 2.24) is 30.0 Å². The number of aromatic nitrogens is 5. The van der Waals surface area contributed by atoms with E-state index < -0.39 is 0 Å². The number of pyridine rings is 1. The smallest absolute Gasteiger partial charge is 0.165 e. The number of nitrogens with zero attached hydrogens (tertiary/aromatic N) is 6. The zero-order chi connectivity index (χ0) is 17.9. The van der Waals surface area contributed by atoms with Crippen molar-refractivity contribution >= 4 is 17.5 Å². The molecule has 8 nitrogen and oxygen atoms in total. The average Bonchev–Trinajstić information content (AvgIpc) is 3.07. The quantitative estimate of drug-likeness (QED) is 0.745. The molecule has 0 spiro atoms. The van der Waals surface area contributed by atoms with Gasteiger partial charge in [0.25, 0.3) is 0 Å². The Balaban J connectivity index is 1.69. The van der Waals surface area contributed by atoms with Crippen molar-refractivity contribution in [3.05, 3.63) is 42.4 Å². The van der Waals surface area contributed by atoms with Gasteiger partial charge in [-0.05, 0) is 26.1 Å². The van der Waals surface area contributed by atoms with Crippen LogP contribution in [0.2, 0.25) is 0 Å². The molecule has 0 aromatic carbocycles. The fourth-order valence-corrected chi connectivity index (χ4v) is 2.93. The molecule has 0 saturated carbocycles. The lowest BCUT2D eigenvalue weighted by molar-refractivity contribution is 0.312. The molecule has 0 bridgehead atoms. The van der Waals surface area contributed by atoms with Crippen LogP contribution in [0.5, 0.6) is 0 Å². The molecule has 4 heterocycles. The van der Waals surface area contributed by atoms with Gasteiger partial charge in [-0.25, -0.2) is 9.97 Å². The molecule has 4 rings (SSSR count). The van der Waals surface area contributed by atoms with Gasteiger partial charge in [0, 0.05) is 62.0 Å². The highest BCUT2D eigenvalue weighted by molar-refractivity contribution is 5.64. The third kappa shape index (κ3) is 3.65. The standard InChI is InChI=1S/C18H22N8/c1-13-10-16(24-23-13)20-15-11-17(26-8-6-25(2)7-9-26)22-18(21-15)14-4-3-5-19-12-14/h3-5,10-12H,6-9H2,1-2H3,(H2,20,21,22,23,24). The van der Waals surface area contributed by atoms with E-state index in [4.69, 9.17) is 4.98 Å². The van der Waals surface area contributed by atoms with Gasteiger partial charge in [0.15, 0.2) is 11.6 Å². The Morgan fingerprint density at radius 2 is 1.92 bits per heavy atom. The van der Waals surface area contributed by atoms with Gasteiger partial charge in [-0.15, -0.1) is 0 Å². The maximum absolute atomic E-state index is 4.79. The number of hydrogen-bond donors (Lipinski definition) is 2. The summed E-state index contributed by atoms with van der Waals surface area (Å²) in [6.07, 6.45) is 3.53. The highest BCUT2D eigenvalue weighted by Crippen LogP contribution is 2.24. The molecule has 1 saturated heterocycles. The summed E-state index contributed by atoms with van der Waals surface area (Å²) >= 11 is 0. The Hall–Kier alpha value is -3.00. The predicted molar refractivity (Wildman–Crippen MR) is 102 cm³/mol. The molecule has 134 valence electrons. The fourth-order valence-electron chi connectivity index (χ4n) is 2.93. The SMILES string of the molecule is Cc1cc(Nc2cc(N3CCN(C)CC3)nc(-c3cccnc3)n2)n[nH]1. The van der Waals surface area contributed by atoms with E-state index in [0.717, 1.165) is 54.9 Å². The Morgan fingerprint density at radius 1 is 1.08 bits per heavy atom. The second-order valence-electron chi connectivity index (χ2n) is 6.53. The molecule has 0 unspecified atom stereocenters. The first kappa shape index (κ1) is 16.5. The van der Waals surface area contributed by atoms with Crippen LogP contribution in [0.1, 0.15) is 5.69 Å². The van der Waals surface area contributed by atoms with Crippen LogP contribution < -0.4 is 10.2 Å². The number of hydrogen-bond acceptors (Lipinski definition) is 7. The lowest BCUT2D eigenvalue weighted by Crippen LogP contribution is -2.44. The highest BCUT2D eigenvalue weighted by atomic mass is 15.3. The molecule has 1 aliphatic heterocycles. The van der Waals surface area contributed by atoms with Gasteiger partial charge < -0.3 is 15.1 Å². The number of H-pyrrole nitrogens is 1. The number of aryl methyl sites for hydroxylation is 1. The molecule has 1 aliphatic rings. The van der Waals surface area contributed by atoms with Gasteiger partial charge in [-0.3, -0.25) is 10.1 Å². The molecule has 3 aromatic heterocycles. The number of aromatic amines is 1. The van der Waals surface area contributed by atoms with E-state index in [2.05, 4.69) is 42.3 Å². The Labute approximate surface area is 152 Å². The summed E-state index contributed by atoms with van der Waals surface area (Å²) in [5, 5.41) is 10.4. The zero-order valence-corrected chi connectivity index (χ0v) is 15.0. The molecule has 3 aromatic rings. The number of piperazine rings is 1. The molecule has 26 heavy (non-hydrogen) atoms. The maximum Gasteiger partial charge on any atom is 0.165 e. The van der Waals surface area contributed by atoms with Gasteiger partial charge >= 0.3 is 0 Å². The lowest BCUT2D eigenvalue weighted by Gasteiger charge is -2.33. The van der Waals surface area contributed by atoms with E-state index in [-0.39, 0.29) is 0 Å². The van der Waals surface area contributed by atoms with E-state index in [9.17, 15) is 0 Å². The molecule has 0 aliphatic carbocycles. The minimum Gasteiger partial charge on any atom is -0.354 e. The van der Waals surface area contributed by atoms with Crippen molar-refractivity contribution in [3.8, 4) is 11.4 Å². The summed E-state index contributed by atoms with van der Waals surface area (Å²) in [5.74, 6) is 3.04. The van der Waals surface area contributed by atoms with Crippen LogP contribution in [0.15, 0.2) is 36.7 Å². The summed E-state index contributed by atoms with van der Waals surface area (Å²) < 4.78 is 0. The highest BCUT2D eigenvalue weighted by Gasteiger charge is 2.18. The summed E-state index contributed by atoms with van der Waals surface area (Å²) in [6.45, 7) is 5.90. The summed E-state index contributed by atoms with van der Waals surface area (Å²) in [6, 6.07) is 7.79. The first-order valence-electron chi connectivity index (χ1n) is 8.69. The van der Waals surface area contributed by atoms with Crippen LogP contribution in [0.25, 0.3) is 11.4 Å². The summed E-state index contributed by atoms with van der Waals surface area (Å²) in [7, 11) is 2.14. The van der Waals surface area contributed by atoms with Gasteiger partial charge in [0.05, 0.1) is 0 Å². The molecule has 0 amide bonds. The maximum atomic E-state index is 4.79. The van der Waals surface area contributed by atoms with Gasteiger partial charge in [0.2, 0.25) is 0 Å². The van der Waals surface area contributed by atoms with Crippen LogP contribution in [0, 0.1) is 6.92 Å². The second-order valence-corrected chi connectivity index (χ2v) is 6.53. The van der Waals surface area contributed by atoms with Gasteiger partial charge in [0.1, 0.15) is 11.6 Å². The van der Waals surface area contributed by atoms with E-state index >= 15 is 0 Å². The Morgan fingerprint density at radius 3 is 2.62 bits per heavy atom. The topological polar surface area (TPSA) is 85.9 Å². The van der Waals surface area contributed by atoms with Gasteiger partial charge in [-0.1, -0.05) is 0 Å². The largest absolute Gasteiger partial charge is 0.354 e. The number of rotatable bonds is 4. The first-order valence-corrected chi connectivity index (χ1v) is 8.69. The zero-order valence-electron chi connectivity index (χ0n) is 15.0. The minimum absolute atomic E-state index is 0.657. The van der Waals surface area contributed by atoms with Gasteiger partial charge in [-0.2, -0.15) is 5.10 Å². The molecule has 8 heteroatoms. The van der Waals surface area contributed by atoms with Crippen molar-refractivity contribution in [2.75, 3.05) is 43.4 Å². The van der Waals surface area contributed by atoms with Crippen LogP contribution in [0.3, 0.4) is 0 Å². The van der Waals surface area contributed by atoms with Crippen LogP contribution in [0.4, 0.5) is 17.5 Å². The first-order chi connectivity index (χ1) is 12.7. The number of likely N-dealkylation sites (N-methyl/N-ethyl adjacent to an activating group) is 1. The molecule has 1 fully saturated rings. The number of nitrogens with one attached hydrogen (secondary N) is 2. The van der Waals surface area contributed by atoms with Crippen molar-refractivity contribution in [1.29, 1.82) is 0 Å². The molecular formula is C18H22N8. The van der Waals surface area contributed by atoms with Crippen molar-refractivity contribution in [3.63, 3.8) is 0 Å². The Bertz CT molecular complexity index is 868. The molecule has 2 N–H and O–H groups in total. The van der Waals surface area contributed by atoms with Crippen molar-refractivity contribution in [2.45, 2.75) is 6.92 Å². The van der Waals surface area contributed by atoms with E-state index in [1.54, 1.807) is 12.4 Å². The number of anilines is 3. The van der Waals surface area contributed by atoms with E-state index in [1.807, 2.05) is 31.2 Å². The third-order valence-electron chi connectivity index (χ3n) is 4.42. The van der Waals surface area contributed by atoms with Crippen LogP contribution in [-0.4, -0.2) is 63.3 Å². The lowest BCUT2D eigenvalue weighted by atomic mass is 10.2. The summed E-state index contributed by atoms with van der Waals surface area (Å²) in [4.78, 5) is 18.3. The third-order valence-corrected chi connectivity index (χ3v) is 4.42. The van der Waals surface area contributed by atoms with Crippen LogP contribution >= 0.6 is 0 Å². The average molecular weight is 350 g/mol. The van der Waals surface area contributed by atoms with E-state index in [0.29, 0.717) is 5.82 Å². The monoisotopic (exact) mass is 350 g/mol. The van der Waals surface area contributed by atoms with Crippen molar-refractivity contribution < 1.29 is 0 Å². The molecular weight excluding hydrogens is 328 g/mol. The second kappa shape index (κ2) is 7.09. The predicted octanol–water partition coefficient (Wildman–Crippen LogP) is 2.07. The normalized spacial score (nSPS) is 15.2.